The second-order valence-corrected chi connectivity index (χ2v) is 12.2. The highest BCUT2D eigenvalue weighted by Gasteiger charge is 2.32. The highest BCUT2D eigenvalue weighted by molar-refractivity contribution is 9.10. The minimum absolute atomic E-state index is 0.0391. The van der Waals surface area contributed by atoms with Gasteiger partial charge in [0, 0.05) is 22.6 Å². The van der Waals surface area contributed by atoms with Crippen molar-refractivity contribution in [3.8, 4) is 11.5 Å². The van der Waals surface area contributed by atoms with Crippen LogP contribution in [0.25, 0.3) is 0 Å². The number of hydrogen-bond donors (Lipinski definition) is 1. The number of nitrogens with zero attached hydrogens (tertiary/aromatic N) is 2. The Morgan fingerprint density at radius 1 is 1.11 bits per heavy atom. The Hall–Kier alpha value is -2.79. The number of halogens is 1. The summed E-state index contributed by atoms with van der Waals surface area (Å²) in [6.45, 7) is 6.85. The van der Waals surface area contributed by atoms with Gasteiger partial charge in [-0.05, 0) is 57.5 Å². The second-order valence-electron chi connectivity index (χ2n) is 9.37. The molecule has 1 aliphatic heterocycles. The lowest BCUT2D eigenvalue weighted by molar-refractivity contribution is -0.140. The largest absolute Gasteiger partial charge is 0.454 e. The van der Waals surface area contributed by atoms with Gasteiger partial charge >= 0.3 is 0 Å². The van der Waals surface area contributed by atoms with E-state index in [0.717, 1.165) is 20.6 Å². The number of hydrogen-bond acceptors (Lipinski definition) is 6. The van der Waals surface area contributed by atoms with E-state index in [1.807, 2.05) is 45.0 Å². The molecule has 0 bridgehead atoms. The molecule has 11 heteroatoms. The van der Waals surface area contributed by atoms with Gasteiger partial charge in [-0.25, -0.2) is 8.42 Å². The van der Waals surface area contributed by atoms with Crippen molar-refractivity contribution in [3.05, 3.63) is 52.5 Å². The number of carbonyl (C=O) groups is 2. The average molecular weight is 568 g/mol. The third-order valence-electron chi connectivity index (χ3n) is 5.23. The van der Waals surface area contributed by atoms with Crippen LogP contribution in [-0.4, -0.2) is 56.3 Å². The Balaban J connectivity index is 1.92. The summed E-state index contributed by atoms with van der Waals surface area (Å²) >= 11 is 3.42. The molecule has 0 aromatic heterocycles. The minimum Gasteiger partial charge on any atom is -0.454 e. The molecule has 0 fully saturated rings. The van der Waals surface area contributed by atoms with Crippen molar-refractivity contribution in [1.29, 1.82) is 0 Å². The maximum Gasteiger partial charge on any atom is 0.244 e. The lowest BCUT2D eigenvalue weighted by Gasteiger charge is -2.33. The minimum atomic E-state index is -3.84. The smallest absolute Gasteiger partial charge is 0.244 e. The van der Waals surface area contributed by atoms with Gasteiger partial charge in [-0.15, -0.1) is 0 Å². The van der Waals surface area contributed by atoms with E-state index in [2.05, 4.69) is 21.2 Å². The zero-order valence-electron chi connectivity index (χ0n) is 20.4. The van der Waals surface area contributed by atoms with Gasteiger partial charge in [-0.3, -0.25) is 13.9 Å². The molecule has 35 heavy (non-hydrogen) atoms. The summed E-state index contributed by atoms with van der Waals surface area (Å²) in [7, 11) is -3.84. The maximum absolute atomic E-state index is 13.6. The van der Waals surface area contributed by atoms with Gasteiger partial charge in [0.15, 0.2) is 11.5 Å². The molecule has 1 atom stereocenters. The van der Waals surface area contributed by atoms with Crippen molar-refractivity contribution in [1.82, 2.24) is 10.2 Å². The predicted octanol–water partition coefficient (Wildman–Crippen LogP) is 3.28. The molecular formula is C24H30BrN3O6S. The number of rotatable bonds is 8. The van der Waals surface area contributed by atoms with Crippen molar-refractivity contribution in [2.24, 2.45) is 0 Å². The van der Waals surface area contributed by atoms with E-state index >= 15 is 0 Å². The molecule has 0 radical (unpaired) electrons. The van der Waals surface area contributed by atoms with Crippen molar-refractivity contribution < 1.29 is 27.5 Å². The third kappa shape index (κ3) is 7.11. The van der Waals surface area contributed by atoms with Crippen LogP contribution in [0.15, 0.2) is 46.9 Å². The fourth-order valence-corrected chi connectivity index (χ4v) is 4.83. The van der Waals surface area contributed by atoms with Crippen LogP contribution in [0.5, 0.6) is 11.5 Å². The van der Waals surface area contributed by atoms with Gasteiger partial charge in [0.05, 0.1) is 11.9 Å². The van der Waals surface area contributed by atoms with E-state index in [0.29, 0.717) is 11.5 Å². The monoisotopic (exact) mass is 567 g/mol. The van der Waals surface area contributed by atoms with Crippen molar-refractivity contribution in [3.63, 3.8) is 0 Å². The summed E-state index contributed by atoms with van der Waals surface area (Å²) in [6.07, 6.45) is 1.03. The first kappa shape index (κ1) is 26.8. The molecule has 9 nitrogen and oxygen atoms in total. The number of ether oxygens (including phenoxy) is 2. The van der Waals surface area contributed by atoms with Gasteiger partial charge < -0.3 is 19.7 Å². The fourth-order valence-electron chi connectivity index (χ4n) is 3.54. The Labute approximate surface area is 214 Å². The highest BCUT2D eigenvalue weighted by atomic mass is 79.9. The van der Waals surface area contributed by atoms with E-state index in [4.69, 9.17) is 9.47 Å². The predicted molar refractivity (Wildman–Crippen MR) is 137 cm³/mol. The molecule has 0 aliphatic carbocycles. The van der Waals surface area contributed by atoms with Crippen LogP contribution in [0.4, 0.5) is 5.69 Å². The molecule has 1 N–H and O–H groups in total. The maximum atomic E-state index is 13.6. The topological polar surface area (TPSA) is 105 Å². The molecule has 0 unspecified atom stereocenters. The summed E-state index contributed by atoms with van der Waals surface area (Å²) in [4.78, 5) is 27.9. The lowest BCUT2D eigenvalue weighted by Crippen LogP contribution is -2.54. The molecular weight excluding hydrogens is 538 g/mol. The van der Waals surface area contributed by atoms with Gasteiger partial charge in [-0.2, -0.15) is 0 Å². The molecule has 0 saturated heterocycles. The zero-order chi connectivity index (χ0) is 26.0. The summed E-state index contributed by atoms with van der Waals surface area (Å²) in [5.74, 6) is 0.0317. The highest BCUT2D eigenvalue weighted by Crippen LogP contribution is 2.36. The molecule has 0 saturated carbocycles. The molecule has 2 aromatic rings. The van der Waals surface area contributed by atoms with Crippen LogP contribution in [0.3, 0.4) is 0 Å². The summed E-state index contributed by atoms with van der Waals surface area (Å²) in [6, 6.07) is 11.2. The van der Waals surface area contributed by atoms with Gasteiger partial charge in [0.2, 0.25) is 28.6 Å². The molecule has 190 valence electrons. The van der Waals surface area contributed by atoms with Crippen molar-refractivity contribution >= 4 is 43.5 Å². The van der Waals surface area contributed by atoms with Crippen molar-refractivity contribution in [2.75, 3.05) is 23.9 Å². The number of carbonyl (C=O) groups excluding carboxylic acids is 2. The summed E-state index contributed by atoms with van der Waals surface area (Å²) in [5.41, 5.74) is 0.553. The van der Waals surface area contributed by atoms with Crippen LogP contribution in [-0.2, 0) is 26.2 Å². The first-order valence-electron chi connectivity index (χ1n) is 11.0. The number of nitrogens with one attached hydrogen (secondary N) is 1. The first-order valence-corrected chi connectivity index (χ1v) is 13.6. The standard InChI is InChI=1S/C24H30BrN3O6S/c1-16(23(30)26-24(2,3)4)27(13-17-7-6-8-18(25)11-17)22(29)14-28(35(5,31)32)19-9-10-20-21(12-19)34-15-33-20/h6-12,16H,13-15H2,1-5H3,(H,26,30)/t16-/m0/s1. The Bertz CT molecular complexity index is 1210. The Morgan fingerprint density at radius 3 is 2.43 bits per heavy atom. The van der Waals surface area contributed by atoms with E-state index in [1.54, 1.807) is 19.1 Å². The van der Waals surface area contributed by atoms with E-state index < -0.39 is 34.1 Å². The fraction of sp³-hybridized carbons (Fsp3) is 0.417. The van der Waals surface area contributed by atoms with Gasteiger partial charge in [-0.1, -0.05) is 28.1 Å². The quantitative estimate of drug-likeness (QED) is 0.524. The number of fused-ring (bicyclic) bond motifs is 1. The number of anilines is 1. The third-order valence-corrected chi connectivity index (χ3v) is 6.86. The van der Waals surface area contributed by atoms with Gasteiger partial charge in [0.25, 0.3) is 0 Å². The molecule has 0 spiro atoms. The Kier molecular flexibility index (Phi) is 8.00. The van der Waals surface area contributed by atoms with Crippen LogP contribution < -0.4 is 19.1 Å². The molecule has 2 amide bonds. The number of sulfonamides is 1. The summed E-state index contributed by atoms with van der Waals surface area (Å²) in [5, 5.41) is 2.89. The SMILES string of the molecule is C[C@@H](C(=O)NC(C)(C)C)N(Cc1cccc(Br)c1)C(=O)CN(c1ccc2c(c1)OCO2)S(C)(=O)=O. The van der Waals surface area contributed by atoms with Crippen LogP contribution in [0, 0.1) is 0 Å². The second kappa shape index (κ2) is 10.4. The Morgan fingerprint density at radius 2 is 1.80 bits per heavy atom. The molecule has 1 aliphatic rings. The van der Waals surface area contributed by atoms with E-state index in [-0.39, 0.29) is 24.9 Å². The molecule has 3 rings (SSSR count). The number of amides is 2. The molecule has 1 heterocycles. The van der Waals surface area contributed by atoms with E-state index in [9.17, 15) is 18.0 Å². The van der Waals surface area contributed by atoms with Crippen LogP contribution >= 0.6 is 15.9 Å². The van der Waals surface area contributed by atoms with Crippen molar-refractivity contribution in [2.45, 2.75) is 45.8 Å². The van der Waals surface area contributed by atoms with E-state index in [1.165, 1.54) is 11.0 Å². The first-order chi connectivity index (χ1) is 16.2. The van der Waals surface area contributed by atoms with Crippen LogP contribution in [0.2, 0.25) is 0 Å². The normalized spacial score (nSPS) is 13.8. The zero-order valence-corrected chi connectivity index (χ0v) is 22.8. The lowest BCUT2D eigenvalue weighted by atomic mass is 10.1. The van der Waals surface area contributed by atoms with Gasteiger partial charge in [0.1, 0.15) is 12.6 Å². The number of benzene rings is 2. The average Bonchev–Trinajstić information content (AvgIpc) is 3.21. The van der Waals surface area contributed by atoms with Crippen LogP contribution in [0.1, 0.15) is 33.3 Å². The molecule has 2 aromatic carbocycles. The summed E-state index contributed by atoms with van der Waals surface area (Å²) < 4.78 is 37.9.